The van der Waals surface area contributed by atoms with Crippen molar-refractivity contribution in [2.24, 2.45) is 17.1 Å². The smallest absolute Gasteiger partial charge is 0.314 e. The Morgan fingerprint density at radius 2 is 1.72 bits per heavy atom. The molecule has 0 aliphatic carbocycles. The van der Waals surface area contributed by atoms with Crippen molar-refractivity contribution in [3.8, 4) is 0 Å². The van der Waals surface area contributed by atoms with Crippen molar-refractivity contribution in [2.45, 2.75) is 52.1 Å². The average Bonchev–Trinajstić information content (AvgIpc) is 2.86. The Kier molecular flexibility index (Phi) is 8.35. The second-order valence-corrected chi connectivity index (χ2v) is 12.0. The molecule has 2 aliphatic rings. The molecule has 0 spiro atoms. The van der Waals surface area contributed by atoms with Crippen molar-refractivity contribution >= 4 is 27.9 Å². The van der Waals surface area contributed by atoms with Crippen LogP contribution >= 0.6 is 15.9 Å². The number of primary amides is 1. The summed E-state index contributed by atoms with van der Waals surface area (Å²) in [6.07, 6.45) is 4.16. The van der Waals surface area contributed by atoms with E-state index in [4.69, 9.17) is 5.73 Å². The van der Waals surface area contributed by atoms with Crippen LogP contribution in [-0.4, -0.2) is 70.4 Å². The number of carbonyl (C=O) groups is 2. The number of hydrogen-bond donors (Lipinski definition) is 1. The second kappa shape index (κ2) is 11.3. The Bertz CT molecular complexity index is 1030. The van der Waals surface area contributed by atoms with E-state index >= 15 is 0 Å². The maximum atomic E-state index is 13.6. The number of likely N-dealkylation sites (tertiary alicyclic amines) is 1. The van der Waals surface area contributed by atoms with Gasteiger partial charge in [0.2, 0.25) is 5.91 Å². The summed E-state index contributed by atoms with van der Waals surface area (Å²) < 4.78 is 0.822. The van der Waals surface area contributed by atoms with Crippen molar-refractivity contribution in [3.05, 3.63) is 64.4 Å². The van der Waals surface area contributed by atoms with Crippen LogP contribution in [0.1, 0.15) is 57.2 Å². The molecule has 0 bridgehead atoms. The molecule has 4 rings (SSSR count). The summed E-state index contributed by atoms with van der Waals surface area (Å²) in [7, 11) is 0. The number of rotatable bonds is 5. The fraction of sp³-hybridized carbons (Fsp3) is 0.536. The summed E-state index contributed by atoms with van der Waals surface area (Å²) in [4.78, 5) is 35.8. The lowest BCUT2D eigenvalue weighted by Crippen LogP contribution is -2.60. The van der Waals surface area contributed by atoms with Crippen molar-refractivity contribution in [2.75, 3.05) is 32.7 Å². The fourth-order valence-electron chi connectivity index (χ4n) is 5.60. The largest absolute Gasteiger partial charge is 0.351 e. The highest BCUT2D eigenvalue weighted by Crippen LogP contribution is 2.36. The van der Waals surface area contributed by atoms with Crippen LogP contribution in [0.3, 0.4) is 0 Å². The van der Waals surface area contributed by atoms with E-state index < -0.39 is 0 Å². The van der Waals surface area contributed by atoms with Crippen LogP contribution in [0.5, 0.6) is 0 Å². The molecule has 8 heteroatoms. The zero-order valence-electron chi connectivity index (χ0n) is 21.6. The molecule has 1 aromatic carbocycles. The molecule has 1 unspecified atom stereocenters. The quantitative estimate of drug-likeness (QED) is 0.543. The zero-order valence-corrected chi connectivity index (χ0v) is 23.2. The second-order valence-electron chi connectivity index (χ2n) is 11.2. The Morgan fingerprint density at radius 1 is 1.03 bits per heavy atom. The Balaban J connectivity index is 1.52. The van der Waals surface area contributed by atoms with Gasteiger partial charge < -0.3 is 15.5 Å². The predicted octanol–water partition coefficient (Wildman–Crippen LogP) is 4.67. The molecule has 2 aliphatic heterocycles. The summed E-state index contributed by atoms with van der Waals surface area (Å²) >= 11 is 3.46. The van der Waals surface area contributed by atoms with Gasteiger partial charge in [0.05, 0.1) is 6.04 Å². The van der Waals surface area contributed by atoms with Gasteiger partial charge in [-0.25, -0.2) is 9.78 Å². The number of nitrogens with two attached hydrogens (primary N) is 1. The zero-order chi connectivity index (χ0) is 25.9. The molecule has 0 saturated carbocycles. The van der Waals surface area contributed by atoms with Crippen LogP contribution in [0.4, 0.5) is 4.79 Å². The summed E-state index contributed by atoms with van der Waals surface area (Å²) in [6.45, 7) is 10.3. The number of piperazine rings is 1. The lowest BCUT2D eigenvalue weighted by Gasteiger charge is -2.49. The van der Waals surface area contributed by atoms with Crippen molar-refractivity contribution < 1.29 is 9.59 Å². The first-order valence-corrected chi connectivity index (χ1v) is 13.7. The molecular weight excluding hydrogens is 518 g/mol. The van der Waals surface area contributed by atoms with Crippen LogP contribution in [0.15, 0.2) is 53.3 Å². The normalized spacial score (nSPS) is 20.8. The van der Waals surface area contributed by atoms with Gasteiger partial charge >= 0.3 is 6.03 Å². The number of benzene rings is 1. The van der Waals surface area contributed by atoms with E-state index in [9.17, 15) is 9.59 Å². The Labute approximate surface area is 223 Å². The number of halogens is 1. The first-order chi connectivity index (χ1) is 17.1. The van der Waals surface area contributed by atoms with Gasteiger partial charge in [-0.15, -0.1) is 0 Å². The van der Waals surface area contributed by atoms with E-state index in [1.165, 1.54) is 5.56 Å². The predicted molar refractivity (Wildman–Crippen MR) is 145 cm³/mol. The maximum Gasteiger partial charge on any atom is 0.314 e. The molecule has 2 saturated heterocycles. The molecule has 3 amide bonds. The third kappa shape index (κ3) is 6.27. The average molecular weight is 557 g/mol. The summed E-state index contributed by atoms with van der Waals surface area (Å²) in [5, 5.41) is 0. The third-order valence-corrected chi connectivity index (χ3v) is 8.14. The summed E-state index contributed by atoms with van der Waals surface area (Å²) in [5.41, 5.74) is 7.74. The lowest BCUT2D eigenvalue weighted by molar-refractivity contribution is -0.141. The standard InChI is InChI=1S/C28H38BrN5O2/c1-28(2,3)23-19-33(26(21-7-5-4-6-8-21)22-9-10-24(29)31-18-22)15-16-34(23)25(35)17-20-11-13-32(14-12-20)27(30)36/h4-10,18,20,23,26H,11-17,19H2,1-3H3,(H2,30,36)/t23-,26?/m1/s1. The molecule has 7 nitrogen and oxygen atoms in total. The number of hydrogen-bond acceptors (Lipinski definition) is 4. The molecule has 2 fully saturated rings. The number of piperidine rings is 1. The van der Waals surface area contributed by atoms with Crippen LogP contribution in [0.2, 0.25) is 0 Å². The highest BCUT2D eigenvalue weighted by molar-refractivity contribution is 9.10. The topological polar surface area (TPSA) is 82.8 Å². The minimum Gasteiger partial charge on any atom is -0.351 e. The molecule has 2 aromatic rings. The third-order valence-electron chi connectivity index (χ3n) is 7.67. The van der Waals surface area contributed by atoms with E-state index in [0.717, 1.165) is 36.1 Å². The molecule has 2 atom stereocenters. The molecule has 36 heavy (non-hydrogen) atoms. The number of aromatic nitrogens is 1. The Hall–Kier alpha value is -2.45. The van der Waals surface area contributed by atoms with E-state index in [-0.39, 0.29) is 29.4 Å². The molecule has 2 N–H and O–H groups in total. The number of amides is 3. The van der Waals surface area contributed by atoms with E-state index in [1.807, 2.05) is 18.3 Å². The monoisotopic (exact) mass is 555 g/mol. The number of urea groups is 1. The van der Waals surface area contributed by atoms with Crippen LogP contribution in [-0.2, 0) is 4.79 Å². The molecule has 0 radical (unpaired) electrons. The van der Waals surface area contributed by atoms with Crippen molar-refractivity contribution in [1.29, 1.82) is 0 Å². The number of nitrogens with zero attached hydrogens (tertiary/aromatic N) is 4. The minimum atomic E-state index is -0.363. The maximum absolute atomic E-state index is 13.6. The van der Waals surface area contributed by atoms with E-state index in [1.54, 1.807) is 4.90 Å². The van der Waals surface area contributed by atoms with Gasteiger partial charge in [0.15, 0.2) is 0 Å². The van der Waals surface area contributed by atoms with Gasteiger partial charge in [-0.05, 0) is 57.3 Å². The van der Waals surface area contributed by atoms with Gasteiger partial charge in [0.1, 0.15) is 4.60 Å². The lowest BCUT2D eigenvalue weighted by atomic mass is 9.82. The van der Waals surface area contributed by atoms with Gasteiger partial charge in [0.25, 0.3) is 0 Å². The number of carbonyl (C=O) groups excluding carboxylic acids is 2. The van der Waals surface area contributed by atoms with Crippen LogP contribution in [0, 0.1) is 11.3 Å². The summed E-state index contributed by atoms with van der Waals surface area (Å²) in [5.74, 6) is 0.534. The van der Waals surface area contributed by atoms with Gasteiger partial charge in [-0.2, -0.15) is 0 Å². The first-order valence-electron chi connectivity index (χ1n) is 12.9. The molecule has 3 heterocycles. The molecular formula is C28H38BrN5O2. The highest BCUT2D eigenvalue weighted by Gasteiger charge is 2.40. The van der Waals surface area contributed by atoms with Gasteiger partial charge in [0, 0.05) is 51.4 Å². The van der Waals surface area contributed by atoms with Gasteiger partial charge in [-0.1, -0.05) is 57.2 Å². The molecule has 194 valence electrons. The van der Waals surface area contributed by atoms with E-state index in [0.29, 0.717) is 32.0 Å². The number of pyridine rings is 1. The molecule has 1 aromatic heterocycles. The highest BCUT2D eigenvalue weighted by atomic mass is 79.9. The Morgan fingerprint density at radius 3 is 2.31 bits per heavy atom. The van der Waals surface area contributed by atoms with Gasteiger partial charge in [-0.3, -0.25) is 9.69 Å². The van der Waals surface area contributed by atoms with Crippen molar-refractivity contribution in [3.63, 3.8) is 0 Å². The minimum absolute atomic E-state index is 0.0666. The SMILES string of the molecule is CC(C)(C)[C@H]1CN(C(c2ccccc2)c2ccc(Br)nc2)CCN1C(=O)CC1CCN(C(N)=O)CC1. The summed E-state index contributed by atoms with van der Waals surface area (Å²) in [6, 6.07) is 14.5. The van der Waals surface area contributed by atoms with Crippen LogP contribution < -0.4 is 5.73 Å². The fourth-order valence-corrected chi connectivity index (χ4v) is 5.83. The first kappa shape index (κ1) is 26.6. The van der Waals surface area contributed by atoms with Crippen molar-refractivity contribution in [1.82, 2.24) is 19.7 Å². The van der Waals surface area contributed by atoms with E-state index in [2.05, 4.69) is 81.8 Å². The van der Waals surface area contributed by atoms with Crippen LogP contribution in [0.25, 0.3) is 0 Å².